The normalized spacial score (nSPS) is 13.9. The van der Waals surface area contributed by atoms with Crippen LogP contribution in [0.4, 0.5) is 13.2 Å². The molecule has 0 fully saturated rings. The van der Waals surface area contributed by atoms with Crippen molar-refractivity contribution >= 4 is 5.97 Å². The molecule has 0 bridgehead atoms. The van der Waals surface area contributed by atoms with Crippen LogP contribution in [0.25, 0.3) is 0 Å². The highest BCUT2D eigenvalue weighted by Crippen LogP contribution is 2.29. The molecule has 1 rings (SSSR count). The molecule has 4 nitrogen and oxygen atoms in total. The highest BCUT2D eigenvalue weighted by Gasteiger charge is 2.35. The third kappa shape index (κ3) is 2.48. The molecule has 1 aromatic rings. The van der Waals surface area contributed by atoms with Gasteiger partial charge in [0.15, 0.2) is 5.69 Å². The maximum Gasteiger partial charge on any atom is 0.435 e. The summed E-state index contributed by atoms with van der Waals surface area (Å²) in [7, 11) is 0. The van der Waals surface area contributed by atoms with Gasteiger partial charge in [-0.15, -0.1) is 0 Å². The number of carboxylic acid groups (broad SMARTS) is 1. The fraction of sp³-hybridized carbons (Fsp3) is 0.500. The SMILES string of the molecule is CCC(C(=O)O)c1cc(C(F)(F)F)n[nH]1. The third-order valence-corrected chi connectivity index (χ3v) is 1.97. The van der Waals surface area contributed by atoms with E-state index in [0.717, 1.165) is 6.07 Å². The largest absolute Gasteiger partial charge is 0.481 e. The first-order valence-corrected chi connectivity index (χ1v) is 4.21. The van der Waals surface area contributed by atoms with Gasteiger partial charge in [-0.1, -0.05) is 6.92 Å². The lowest BCUT2D eigenvalue weighted by molar-refractivity contribution is -0.141. The van der Waals surface area contributed by atoms with Gasteiger partial charge in [0.1, 0.15) is 0 Å². The van der Waals surface area contributed by atoms with Gasteiger partial charge in [0.05, 0.1) is 11.6 Å². The van der Waals surface area contributed by atoms with Gasteiger partial charge in [-0.05, 0) is 12.5 Å². The number of aliphatic carboxylic acids is 1. The Hall–Kier alpha value is -1.53. The maximum atomic E-state index is 12.1. The summed E-state index contributed by atoms with van der Waals surface area (Å²) in [5.41, 5.74) is -1.13. The van der Waals surface area contributed by atoms with Crippen LogP contribution < -0.4 is 0 Å². The number of aromatic amines is 1. The van der Waals surface area contributed by atoms with Gasteiger partial charge in [-0.25, -0.2) is 0 Å². The Bertz CT molecular complexity index is 359. The Kier molecular flexibility index (Phi) is 3.01. The highest BCUT2D eigenvalue weighted by atomic mass is 19.4. The van der Waals surface area contributed by atoms with Crippen molar-refractivity contribution < 1.29 is 23.1 Å². The van der Waals surface area contributed by atoms with E-state index in [1.807, 2.05) is 0 Å². The summed E-state index contributed by atoms with van der Waals surface area (Å²) >= 11 is 0. The van der Waals surface area contributed by atoms with E-state index in [4.69, 9.17) is 5.11 Å². The third-order valence-electron chi connectivity index (χ3n) is 1.97. The second-order valence-electron chi connectivity index (χ2n) is 3.01. The molecule has 1 heterocycles. The Balaban J connectivity index is 2.97. The summed E-state index contributed by atoms with van der Waals surface area (Å²) in [4.78, 5) is 10.7. The minimum absolute atomic E-state index is 0.0303. The standard InChI is InChI=1S/C8H9F3N2O2/c1-2-4(7(14)15)5-3-6(13-12-5)8(9,10)11/h3-4H,2H2,1H3,(H,12,13)(H,14,15). The van der Waals surface area contributed by atoms with E-state index in [0.29, 0.717) is 0 Å². The number of carbonyl (C=O) groups is 1. The molecule has 0 saturated carbocycles. The number of halogens is 3. The Morgan fingerprint density at radius 2 is 2.27 bits per heavy atom. The van der Waals surface area contributed by atoms with Gasteiger partial charge < -0.3 is 5.11 Å². The average Bonchev–Trinajstić information content (AvgIpc) is 2.52. The van der Waals surface area contributed by atoms with Gasteiger partial charge in [0.25, 0.3) is 0 Å². The number of alkyl halides is 3. The fourth-order valence-electron chi connectivity index (χ4n) is 1.19. The van der Waals surface area contributed by atoms with Gasteiger partial charge in [-0.3, -0.25) is 9.89 Å². The van der Waals surface area contributed by atoms with Crippen molar-refractivity contribution in [1.82, 2.24) is 10.2 Å². The van der Waals surface area contributed by atoms with Gasteiger partial charge in [-0.2, -0.15) is 18.3 Å². The lowest BCUT2D eigenvalue weighted by Crippen LogP contribution is -2.10. The molecule has 1 atom stereocenters. The molecule has 0 spiro atoms. The Morgan fingerprint density at radius 1 is 1.67 bits per heavy atom. The van der Waals surface area contributed by atoms with E-state index in [2.05, 4.69) is 10.2 Å². The molecule has 0 aliphatic rings. The predicted octanol–water partition coefficient (Wildman–Crippen LogP) is 2.01. The number of rotatable bonds is 3. The number of carboxylic acids is 1. The van der Waals surface area contributed by atoms with Gasteiger partial charge in [0, 0.05) is 0 Å². The molecule has 7 heteroatoms. The maximum absolute atomic E-state index is 12.1. The van der Waals surface area contributed by atoms with E-state index in [1.54, 1.807) is 6.92 Å². The molecule has 0 aromatic carbocycles. The summed E-state index contributed by atoms with van der Waals surface area (Å²) < 4.78 is 36.4. The van der Waals surface area contributed by atoms with Crippen molar-refractivity contribution in [3.8, 4) is 0 Å². The van der Waals surface area contributed by atoms with Crippen LogP contribution in [0.3, 0.4) is 0 Å². The molecule has 1 unspecified atom stereocenters. The van der Waals surface area contributed by atoms with Crippen LogP contribution in [0.5, 0.6) is 0 Å². The first kappa shape index (κ1) is 11.5. The van der Waals surface area contributed by atoms with E-state index < -0.39 is 23.8 Å². The lowest BCUT2D eigenvalue weighted by atomic mass is 10.0. The number of hydrogen-bond acceptors (Lipinski definition) is 2. The van der Waals surface area contributed by atoms with Gasteiger partial charge >= 0.3 is 12.1 Å². The second-order valence-corrected chi connectivity index (χ2v) is 3.01. The molecule has 0 aliphatic heterocycles. The molecular formula is C8H9F3N2O2. The summed E-state index contributed by atoms with van der Waals surface area (Å²) in [6.07, 6.45) is -4.35. The Morgan fingerprint density at radius 3 is 2.60 bits per heavy atom. The lowest BCUT2D eigenvalue weighted by Gasteiger charge is -2.05. The zero-order valence-corrected chi connectivity index (χ0v) is 7.80. The summed E-state index contributed by atoms with van der Waals surface area (Å²) in [5, 5.41) is 13.8. The highest BCUT2D eigenvalue weighted by molar-refractivity contribution is 5.75. The topological polar surface area (TPSA) is 66.0 Å². The van der Waals surface area contributed by atoms with E-state index in [9.17, 15) is 18.0 Å². The smallest absolute Gasteiger partial charge is 0.435 e. The molecule has 84 valence electrons. The van der Waals surface area contributed by atoms with Crippen molar-refractivity contribution in [1.29, 1.82) is 0 Å². The van der Waals surface area contributed by atoms with Crippen molar-refractivity contribution in [3.63, 3.8) is 0 Å². The molecular weight excluding hydrogens is 213 g/mol. The first-order chi connectivity index (χ1) is 6.86. The van der Waals surface area contributed by atoms with Crippen molar-refractivity contribution in [3.05, 3.63) is 17.5 Å². The predicted molar refractivity (Wildman–Crippen MR) is 44.3 cm³/mol. The Labute approximate surface area is 83.1 Å². The van der Waals surface area contributed by atoms with Crippen LogP contribution in [0.15, 0.2) is 6.07 Å². The summed E-state index contributed by atoms with van der Waals surface area (Å²) in [5.74, 6) is -2.15. The van der Waals surface area contributed by atoms with Crippen molar-refractivity contribution in [2.75, 3.05) is 0 Å². The van der Waals surface area contributed by atoms with Crippen LogP contribution >= 0.6 is 0 Å². The minimum Gasteiger partial charge on any atom is -0.481 e. The minimum atomic E-state index is -4.55. The molecule has 0 saturated heterocycles. The molecule has 15 heavy (non-hydrogen) atoms. The zero-order valence-electron chi connectivity index (χ0n) is 7.80. The molecule has 0 radical (unpaired) electrons. The first-order valence-electron chi connectivity index (χ1n) is 4.21. The molecule has 2 N–H and O–H groups in total. The van der Waals surface area contributed by atoms with E-state index in [-0.39, 0.29) is 12.1 Å². The summed E-state index contributed by atoms with van der Waals surface area (Å²) in [6.45, 7) is 1.58. The fourth-order valence-corrected chi connectivity index (χ4v) is 1.19. The van der Waals surface area contributed by atoms with E-state index in [1.165, 1.54) is 0 Å². The number of H-pyrrole nitrogens is 1. The number of hydrogen-bond donors (Lipinski definition) is 2. The zero-order chi connectivity index (χ0) is 11.6. The number of aromatic nitrogens is 2. The van der Waals surface area contributed by atoms with Crippen LogP contribution in [0.2, 0.25) is 0 Å². The van der Waals surface area contributed by atoms with Gasteiger partial charge in [0.2, 0.25) is 0 Å². The van der Waals surface area contributed by atoms with Crippen LogP contribution in [-0.4, -0.2) is 21.3 Å². The number of nitrogens with one attached hydrogen (secondary N) is 1. The van der Waals surface area contributed by atoms with Crippen LogP contribution in [-0.2, 0) is 11.0 Å². The summed E-state index contributed by atoms with van der Waals surface area (Å²) in [6, 6.07) is 0.724. The average molecular weight is 222 g/mol. The molecule has 1 aromatic heterocycles. The molecule has 0 aliphatic carbocycles. The second kappa shape index (κ2) is 3.92. The quantitative estimate of drug-likeness (QED) is 0.822. The van der Waals surface area contributed by atoms with Crippen LogP contribution in [0, 0.1) is 0 Å². The molecule has 0 amide bonds. The van der Waals surface area contributed by atoms with Crippen molar-refractivity contribution in [2.24, 2.45) is 0 Å². The van der Waals surface area contributed by atoms with E-state index >= 15 is 0 Å². The van der Waals surface area contributed by atoms with Crippen LogP contribution in [0.1, 0.15) is 30.7 Å². The monoisotopic (exact) mass is 222 g/mol. The van der Waals surface area contributed by atoms with Crippen molar-refractivity contribution in [2.45, 2.75) is 25.4 Å². The number of nitrogens with zero attached hydrogens (tertiary/aromatic N) is 1.